The van der Waals surface area contributed by atoms with E-state index in [2.05, 4.69) is 5.10 Å². The van der Waals surface area contributed by atoms with E-state index in [9.17, 15) is 4.79 Å². The van der Waals surface area contributed by atoms with Crippen LogP contribution in [0.25, 0.3) is 0 Å². The van der Waals surface area contributed by atoms with Crippen LogP contribution in [0, 0.1) is 6.92 Å². The highest BCUT2D eigenvalue weighted by Crippen LogP contribution is 2.41. The number of nitrogens with two attached hydrogens (primary N) is 1. The predicted molar refractivity (Wildman–Crippen MR) is 63.1 cm³/mol. The standard InChI is InChI=1S/C12H18N4O/c1-7-9(6-14-15(7)2)12-10(13)5-11(17)16(12)8-3-4-8/h6,8,10,12H,3-5,13H2,1-2H3. The molecule has 2 unspecified atom stereocenters. The van der Waals surface area contributed by atoms with Crippen molar-refractivity contribution < 1.29 is 4.79 Å². The molecule has 92 valence electrons. The molecule has 0 radical (unpaired) electrons. The van der Waals surface area contributed by atoms with E-state index in [0.717, 1.165) is 24.1 Å². The monoisotopic (exact) mass is 234 g/mol. The lowest BCUT2D eigenvalue weighted by atomic mass is 10.0. The van der Waals surface area contributed by atoms with Crippen LogP contribution in [-0.4, -0.2) is 32.7 Å². The highest BCUT2D eigenvalue weighted by Gasteiger charge is 2.46. The Labute approximate surface area is 101 Å². The molecular weight excluding hydrogens is 216 g/mol. The molecule has 2 fully saturated rings. The summed E-state index contributed by atoms with van der Waals surface area (Å²) in [6.45, 7) is 2.03. The van der Waals surface area contributed by atoms with Gasteiger partial charge in [0.05, 0.1) is 12.2 Å². The van der Waals surface area contributed by atoms with Crippen molar-refractivity contribution in [1.82, 2.24) is 14.7 Å². The second kappa shape index (κ2) is 3.57. The molecule has 2 atom stereocenters. The van der Waals surface area contributed by atoms with Gasteiger partial charge in [-0.25, -0.2) is 0 Å². The van der Waals surface area contributed by atoms with Gasteiger partial charge in [0.1, 0.15) is 0 Å². The average molecular weight is 234 g/mol. The molecule has 1 saturated heterocycles. The molecule has 0 bridgehead atoms. The lowest BCUT2D eigenvalue weighted by molar-refractivity contribution is -0.129. The number of hydrogen-bond acceptors (Lipinski definition) is 3. The summed E-state index contributed by atoms with van der Waals surface area (Å²) in [5, 5.41) is 4.26. The number of aromatic nitrogens is 2. The minimum absolute atomic E-state index is 0.0312. The van der Waals surface area contributed by atoms with E-state index in [1.807, 2.05) is 29.7 Å². The van der Waals surface area contributed by atoms with Gasteiger partial charge in [0.25, 0.3) is 0 Å². The van der Waals surface area contributed by atoms with Gasteiger partial charge in [-0.05, 0) is 19.8 Å². The van der Waals surface area contributed by atoms with E-state index in [-0.39, 0.29) is 18.0 Å². The largest absolute Gasteiger partial charge is 0.331 e. The van der Waals surface area contributed by atoms with Crippen molar-refractivity contribution in [2.24, 2.45) is 12.8 Å². The first-order valence-corrected chi connectivity index (χ1v) is 6.15. The van der Waals surface area contributed by atoms with Gasteiger partial charge in [-0.1, -0.05) is 0 Å². The van der Waals surface area contributed by atoms with E-state index in [1.54, 1.807) is 0 Å². The number of rotatable bonds is 2. The maximum Gasteiger partial charge on any atom is 0.225 e. The molecule has 1 aromatic rings. The third-order valence-corrected chi connectivity index (χ3v) is 3.94. The first kappa shape index (κ1) is 10.8. The Morgan fingerprint density at radius 2 is 2.18 bits per heavy atom. The van der Waals surface area contributed by atoms with E-state index in [0.29, 0.717) is 12.5 Å². The second-order valence-electron chi connectivity index (χ2n) is 5.15. The topological polar surface area (TPSA) is 64.2 Å². The Kier molecular flexibility index (Phi) is 2.26. The molecule has 0 spiro atoms. The molecule has 3 rings (SSSR count). The summed E-state index contributed by atoms with van der Waals surface area (Å²) in [7, 11) is 1.92. The fraction of sp³-hybridized carbons (Fsp3) is 0.667. The first-order valence-electron chi connectivity index (χ1n) is 6.15. The van der Waals surface area contributed by atoms with Crippen LogP contribution in [-0.2, 0) is 11.8 Å². The maximum atomic E-state index is 12.0. The molecule has 2 aliphatic rings. The Bertz CT molecular complexity index is 463. The highest BCUT2D eigenvalue weighted by molar-refractivity contribution is 5.81. The van der Waals surface area contributed by atoms with Crippen LogP contribution in [0.1, 0.15) is 36.6 Å². The van der Waals surface area contributed by atoms with Gasteiger partial charge >= 0.3 is 0 Å². The van der Waals surface area contributed by atoms with E-state index >= 15 is 0 Å². The van der Waals surface area contributed by atoms with Crippen molar-refractivity contribution in [3.05, 3.63) is 17.5 Å². The molecule has 17 heavy (non-hydrogen) atoms. The van der Waals surface area contributed by atoms with Gasteiger partial charge in [-0.15, -0.1) is 0 Å². The number of carbonyl (C=O) groups excluding carboxylic acids is 1. The average Bonchev–Trinajstić information content (AvgIpc) is 3.00. The van der Waals surface area contributed by atoms with Gasteiger partial charge in [0.15, 0.2) is 0 Å². The van der Waals surface area contributed by atoms with E-state index in [1.165, 1.54) is 0 Å². The SMILES string of the molecule is Cc1c(C2C(N)CC(=O)N2C2CC2)cnn1C. The van der Waals surface area contributed by atoms with E-state index in [4.69, 9.17) is 5.73 Å². The van der Waals surface area contributed by atoms with E-state index < -0.39 is 0 Å². The number of nitrogens with zero attached hydrogens (tertiary/aromatic N) is 3. The van der Waals surface area contributed by atoms with Gasteiger partial charge in [0.2, 0.25) is 5.91 Å². The minimum Gasteiger partial charge on any atom is -0.331 e. The molecule has 1 amide bonds. The highest BCUT2D eigenvalue weighted by atomic mass is 16.2. The fourth-order valence-corrected chi connectivity index (χ4v) is 2.75. The van der Waals surface area contributed by atoms with Crippen LogP contribution in [0.15, 0.2) is 6.20 Å². The third-order valence-electron chi connectivity index (χ3n) is 3.94. The molecule has 2 heterocycles. The number of amides is 1. The zero-order valence-corrected chi connectivity index (χ0v) is 10.3. The Morgan fingerprint density at radius 1 is 1.47 bits per heavy atom. The van der Waals surface area contributed by atoms with Crippen molar-refractivity contribution in [3.8, 4) is 0 Å². The molecular formula is C12H18N4O. The quantitative estimate of drug-likeness (QED) is 0.810. The first-order chi connectivity index (χ1) is 8.09. The Hall–Kier alpha value is -1.36. The minimum atomic E-state index is -0.0917. The van der Waals surface area contributed by atoms with Crippen molar-refractivity contribution in [3.63, 3.8) is 0 Å². The zero-order valence-electron chi connectivity index (χ0n) is 10.3. The summed E-state index contributed by atoms with van der Waals surface area (Å²) in [5.41, 5.74) is 8.35. The second-order valence-corrected chi connectivity index (χ2v) is 5.15. The molecule has 2 N–H and O–H groups in total. The summed E-state index contributed by atoms with van der Waals surface area (Å²) in [6, 6.07) is 0.357. The maximum absolute atomic E-state index is 12.0. The van der Waals surface area contributed by atoms with Gasteiger partial charge < -0.3 is 10.6 Å². The van der Waals surface area contributed by atoms with Gasteiger partial charge in [-0.2, -0.15) is 5.10 Å². The van der Waals surface area contributed by atoms with Crippen molar-refractivity contribution in [1.29, 1.82) is 0 Å². The predicted octanol–water partition coefficient (Wildman–Crippen LogP) is 0.492. The molecule has 0 aromatic carbocycles. The fourth-order valence-electron chi connectivity index (χ4n) is 2.75. The van der Waals surface area contributed by atoms with Crippen LogP contribution in [0.5, 0.6) is 0 Å². The van der Waals surface area contributed by atoms with Crippen molar-refractivity contribution in [2.45, 2.75) is 44.3 Å². The number of carbonyl (C=O) groups is 1. The molecule has 5 nitrogen and oxygen atoms in total. The summed E-state index contributed by atoms with van der Waals surface area (Å²) < 4.78 is 1.84. The van der Waals surface area contributed by atoms with Crippen LogP contribution in [0.4, 0.5) is 0 Å². The number of likely N-dealkylation sites (tertiary alicyclic amines) is 1. The molecule has 1 aromatic heterocycles. The van der Waals surface area contributed by atoms with Crippen LogP contribution >= 0.6 is 0 Å². The molecule has 5 heteroatoms. The zero-order chi connectivity index (χ0) is 12.2. The number of hydrogen-bond donors (Lipinski definition) is 1. The van der Waals surface area contributed by atoms with Gasteiger partial charge in [0, 0.05) is 36.8 Å². The van der Waals surface area contributed by atoms with Gasteiger partial charge in [-0.3, -0.25) is 9.48 Å². The van der Waals surface area contributed by atoms with Crippen LogP contribution in [0.3, 0.4) is 0 Å². The van der Waals surface area contributed by atoms with Crippen molar-refractivity contribution in [2.75, 3.05) is 0 Å². The molecule has 1 aliphatic carbocycles. The summed E-state index contributed by atoms with van der Waals surface area (Å²) in [6.07, 6.45) is 4.56. The van der Waals surface area contributed by atoms with Crippen LogP contribution in [0.2, 0.25) is 0 Å². The normalized spacial score (nSPS) is 29.1. The summed E-state index contributed by atoms with van der Waals surface area (Å²) in [5.74, 6) is 0.202. The number of aryl methyl sites for hydroxylation is 1. The van der Waals surface area contributed by atoms with Crippen molar-refractivity contribution >= 4 is 5.91 Å². The Balaban J connectivity index is 1.99. The summed E-state index contributed by atoms with van der Waals surface area (Å²) in [4.78, 5) is 14.0. The molecule has 1 saturated carbocycles. The lowest BCUT2D eigenvalue weighted by Gasteiger charge is -2.26. The molecule has 1 aliphatic heterocycles. The lowest BCUT2D eigenvalue weighted by Crippen LogP contribution is -2.34. The summed E-state index contributed by atoms with van der Waals surface area (Å²) >= 11 is 0. The smallest absolute Gasteiger partial charge is 0.225 e. The van der Waals surface area contributed by atoms with Crippen LogP contribution < -0.4 is 5.73 Å². The Morgan fingerprint density at radius 3 is 2.71 bits per heavy atom. The third kappa shape index (κ3) is 1.57.